The van der Waals surface area contributed by atoms with Crippen LogP contribution in [0, 0.1) is 0 Å². The van der Waals surface area contributed by atoms with Gasteiger partial charge in [0.15, 0.2) is 0 Å². The van der Waals surface area contributed by atoms with Crippen LogP contribution >= 0.6 is 15.9 Å². The number of alkyl halides is 3. The summed E-state index contributed by atoms with van der Waals surface area (Å²) in [5.74, 6) is 0.511. The molecule has 0 saturated heterocycles. The van der Waals surface area contributed by atoms with E-state index in [0.29, 0.717) is 10.3 Å². The Hall–Kier alpha value is -1.34. The molecule has 2 aromatic rings. The summed E-state index contributed by atoms with van der Waals surface area (Å²) in [7, 11) is 0. The fourth-order valence-electron chi connectivity index (χ4n) is 1.68. The summed E-state index contributed by atoms with van der Waals surface area (Å²) in [4.78, 5) is 6.72. The van der Waals surface area contributed by atoms with Gasteiger partial charge in [0.2, 0.25) is 0 Å². The summed E-state index contributed by atoms with van der Waals surface area (Å²) in [5, 5.41) is 10.0. The van der Waals surface area contributed by atoms with Crippen molar-refractivity contribution in [2.24, 2.45) is 0 Å². The smallest absolute Gasteiger partial charge is 0.388 e. The molecule has 102 valence electrons. The van der Waals surface area contributed by atoms with E-state index in [1.54, 1.807) is 6.20 Å². The average molecular weight is 335 g/mol. The molecule has 1 heterocycles. The number of halogens is 4. The number of aromatic nitrogens is 2. The van der Waals surface area contributed by atoms with Gasteiger partial charge in [-0.25, -0.2) is 4.98 Å². The maximum Gasteiger partial charge on any atom is 0.416 e. The number of aliphatic hydroxyl groups excluding tert-OH is 1. The lowest BCUT2D eigenvalue weighted by Crippen LogP contribution is -2.09. The normalized spacial score (nSPS) is 13.5. The molecule has 0 saturated carbocycles. The van der Waals surface area contributed by atoms with E-state index in [1.165, 1.54) is 12.3 Å². The van der Waals surface area contributed by atoms with Gasteiger partial charge >= 0.3 is 6.18 Å². The molecule has 0 fully saturated rings. The second-order valence-corrected chi connectivity index (χ2v) is 4.84. The summed E-state index contributed by atoms with van der Waals surface area (Å²) >= 11 is 3.14. The third-order valence-corrected chi connectivity index (χ3v) is 3.35. The molecule has 2 N–H and O–H groups in total. The van der Waals surface area contributed by atoms with Crippen molar-refractivity contribution in [3.8, 4) is 0 Å². The van der Waals surface area contributed by atoms with Gasteiger partial charge in [0, 0.05) is 23.3 Å². The predicted octanol–water partition coefficient (Wildman–Crippen LogP) is 3.47. The minimum Gasteiger partial charge on any atom is -0.388 e. The molecule has 1 aromatic heterocycles. The minimum absolute atomic E-state index is 0.118. The van der Waals surface area contributed by atoms with Crippen molar-refractivity contribution in [1.29, 1.82) is 0 Å². The first-order valence-corrected chi connectivity index (χ1v) is 6.20. The van der Waals surface area contributed by atoms with Gasteiger partial charge in [0.1, 0.15) is 5.82 Å². The highest BCUT2D eigenvalue weighted by molar-refractivity contribution is 9.10. The Morgan fingerprint density at radius 1 is 1.37 bits per heavy atom. The first-order chi connectivity index (χ1) is 8.88. The van der Waals surface area contributed by atoms with Crippen LogP contribution in [0.5, 0.6) is 0 Å². The Bertz CT molecular complexity index is 555. The minimum atomic E-state index is -4.43. The lowest BCUT2D eigenvalue weighted by molar-refractivity contribution is -0.137. The SMILES string of the molecule is OC(Cc1ncc[nH]1)c1cc(C(F)(F)F)ccc1Br. The Kier molecular flexibility index (Phi) is 3.96. The van der Waals surface area contributed by atoms with Crippen LogP contribution in [-0.2, 0) is 12.6 Å². The van der Waals surface area contributed by atoms with Crippen molar-refractivity contribution >= 4 is 15.9 Å². The van der Waals surface area contributed by atoms with Crippen LogP contribution < -0.4 is 0 Å². The molecule has 0 amide bonds. The average Bonchev–Trinajstić information content (AvgIpc) is 2.80. The van der Waals surface area contributed by atoms with Gasteiger partial charge in [-0.2, -0.15) is 13.2 Å². The fraction of sp³-hybridized carbons (Fsp3) is 0.250. The molecular weight excluding hydrogens is 325 g/mol. The van der Waals surface area contributed by atoms with E-state index in [-0.39, 0.29) is 12.0 Å². The molecule has 1 aromatic carbocycles. The first-order valence-electron chi connectivity index (χ1n) is 5.41. The van der Waals surface area contributed by atoms with Crippen molar-refractivity contribution < 1.29 is 18.3 Å². The van der Waals surface area contributed by atoms with E-state index in [1.807, 2.05) is 0 Å². The van der Waals surface area contributed by atoms with Crippen molar-refractivity contribution in [3.05, 3.63) is 52.0 Å². The molecule has 0 radical (unpaired) electrons. The molecule has 7 heteroatoms. The molecule has 2 rings (SSSR count). The second kappa shape index (κ2) is 5.34. The van der Waals surface area contributed by atoms with Crippen LogP contribution in [0.2, 0.25) is 0 Å². The van der Waals surface area contributed by atoms with E-state index >= 15 is 0 Å². The number of benzene rings is 1. The van der Waals surface area contributed by atoms with Crippen LogP contribution in [0.3, 0.4) is 0 Å². The molecule has 0 spiro atoms. The lowest BCUT2D eigenvalue weighted by atomic mass is 10.0. The quantitative estimate of drug-likeness (QED) is 0.902. The Morgan fingerprint density at radius 2 is 2.11 bits per heavy atom. The van der Waals surface area contributed by atoms with E-state index in [2.05, 4.69) is 25.9 Å². The summed E-state index contributed by atoms with van der Waals surface area (Å²) in [6.07, 6.45) is -2.28. The zero-order chi connectivity index (χ0) is 14.0. The van der Waals surface area contributed by atoms with Gasteiger partial charge in [0.25, 0.3) is 0 Å². The monoisotopic (exact) mass is 334 g/mol. The van der Waals surface area contributed by atoms with Crippen molar-refractivity contribution in [2.75, 3.05) is 0 Å². The summed E-state index contributed by atoms with van der Waals surface area (Å²) in [6.45, 7) is 0. The third kappa shape index (κ3) is 3.36. The molecule has 0 aliphatic carbocycles. The van der Waals surface area contributed by atoms with Gasteiger partial charge in [-0.1, -0.05) is 15.9 Å². The number of hydrogen-bond donors (Lipinski definition) is 2. The van der Waals surface area contributed by atoms with Crippen molar-refractivity contribution in [1.82, 2.24) is 9.97 Å². The number of rotatable bonds is 3. The number of aromatic amines is 1. The number of nitrogens with zero attached hydrogens (tertiary/aromatic N) is 1. The number of aliphatic hydroxyl groups is 1. The number of H-pyrrole nitrogens is 1. The van der Waals surface area contributed by atoms with Crippen LogP contribution in [0.15, 0.2) is 35.1 Å². The molecule has 1 unspecified atom stereocenters. The number of hydrogen-bond acceptors (Lipinski definition) is 2. The highest BCUT2D eigenvalue weighted by atomic mass is 79.9. The van der Waals surface area contributed by atoms with Gasteiger partial charge in [0.05, 0.1) is 11.7 Å². The van der Waals surface area contributed by atoms with Gasteiger partial charge in [-0.3, -0.25) is 0 Å². The first kappa shape index (κ1) is 14.1. The second-order valence-electron chi connectivity index (χ2n) is 3.99. The van der Waals surface area contributed by atoms with Gasteiger partial charge in [-0.05, 0) is 23.8 Å². The number of imidazole rings is 1. The fourth-order valence-corrected chi connectivity index (χ4v) is 2.19. The largest absolute Gasteiger partial charge is 0.416 e. The molecule has 0 aliphatic heterocycles. The zero-order valence-corrected chi connectivity index (χ0v) is 11.2. The lowest BCUT2D eigenvalue weighted by Gasteiger charge is -2.14. The Labute approximate surface area is 115 Å². The predicted molar refractivity (Wildman–Crippen MR) is 66.4 cm³/mol. The molecule has 0 aliphatic rings. The third-order valence-electron chi connectivity index (χ3n) is 2.62. The van der Waals surface area contributed by atoms with Crippen molar-refractivity contribution in [2.45, 2.75) is 18.7 Å². The van der Waals surface area contributed by atoms with E-state index in [9.17, 15) is 18.3 Å². The maximum absolute atomic E-state index is 12.6. The molecule has 3 nitrogen and oxygen atoms in total. The van der Waals surface area contributed by atoms with Gasteiger partial charge < -0.3 is 10.1 Å². The van der Waals surface area contributed by atoms with E-state index < -0.39 is 17.8 Å². The van der Waals surface area contributed by atoms with Gasteiger partial charge in [-0.15, -0.1) is 0 Å². The Balaban J connectivity index is 2.28. The summed E-state index contributed by atoms with van der Waals surface area (Å²) in [6, 6.07) is 3.19. The summed E-state index contributed by atoms with van der Waals surface area (Å²) in [5.41, 5.74) is -0.601. The van der Waals surface area contributed by atoms with Crippen LogP contribution in [0.1, 0.15) is 23.1 Å². The standard InChI is InChI=1S/C12H10BrF3N2O/c13-9-2-1-7(12(14,15)16)5-8(9)10(19)6-11-17-3-4-18-11/h1-5,10,19H,6H2,(H,17,18). The molecule has 1 atom stereocenters. The zero-order valence-electron chi connectivity index (χ0n) is 9.58. The van der Waals surface area contributed by atoms with Crippen molar-refractivity contribution in [3.63, 3.8) is 0 Å². The van der Waals surface area contributed by atoms with Crippen LogP contribution in [-0.4, -0.2) is 15.1 Å². The van der Waals surface area contributed by atoms with Crippen LogP contribution in [0.4, 0.5) is 13.2 Å². The Morgan fingerprint density at radius 3 is 2.68 bits per heavy atom. The summed E-state index contributed by atoms with van der Waals surface area (Å²) < 4.78 is 38.3. The highest BCUT2D eigenvalue weighted by Gasteiger charge is 2.31. The van der Waals surface area contributed by atoms with E-state index in [0.717, 1.165) is 12.1 Å². The van der Waals surface area contributed by atoms with E-state index in [4.69, 9.17) is 0 Å². The molecule has 0 bridgehead atoms. The highest BCUT2D eigenvalue weighted by Crippen LogP contribution is 2.34. The van der Waals surface area contributed by atoms with Crippen LogP contribution in [0.25, 0.3) is 0 Å². The molecule has 19 heavy (non-hydrogen) atoms. The molecular formula is C12H10BrF3N2O. The maximum atomic E-state index is 12.6. The number of nitrogens with one attached hydrogen (secondary N) is 1. The topological polar surface area (TPSA) is 48.9 Å².